The molecular formula is C16H21NO2. The smallest absolute Gasteiger partial charge is 0.226 e. The second kappa shape index (κ2) is 6.98. The predicted octanol–water partition coefficient (Wildman–Crippen LogP) is 4.47. The summed E-state index contributed by atoms with van der Waals surface area (Å²) < 4.78 is 10.7. The van der Waals surface area contributed by atoms with Crippen LogP contribution in [0.5, 0.6) is 5.75 Å². The molecule has 3 nitrogen and oxygen atoms in total. The monoisotopic (exact) mass is 259 g/mol. The van der Waals surface area contributed by atoms with Gasteiger partial charge in [0.05, 0.1) is 12.8 Å². The first-order chi connectivity index (χ1) is 9.33. The van der Waals surface area contributed by atoms with Gasteiger partial charge in [0.25, 0.3) is 0 Å². The molecule has 0 saturated heterocycles. The summed E-state index contributed by atoms with van der Waals surface area (Å²) in [5.41, 5.74) is 2.03. The molecule has 1 heterocycles. The molecular weight excluding hydrogens is 238 g/mol. The van der Waals surface area contributed by atoms with Crippen LogP contribution in [0.3, 0.4) is 0 Å². The Labute approximate surface area is 114 Å². The summed E-state index contributed by atoms with van der Waals surface area (Å²) in [4.78, 5) is 4.53. The fourth-order valence-corrected chi connectivity index (χ4v) is 2.02. The molecule has 0 aliphatic heterocycles. The summed E-state index contributed by atoms with van der Waals surface area (Å²) >= 11 is 0. The van der Waals surface area contributed by atoms with Crippen LogP contribution in [0.15, 0.2) is 34.9 Å². The maximum absolute atomic E-state index is 5.53. The van der Waals surface area contributed by atoms with Crippen molar-refractivity contribution in [3.8, 4) is 17.2 Å². The second-order valence-corrected chi connectivity index (χ2v) is 4.68. The molecule has 0 radical (unpaired) electrons. The van der Waals surface area contributed by atoms with Gasteiger partial charge in [-0.1, -0.05) is 26.2 Å². The summed E-state index contributed by atoms with van der Waals surface area (Å²) in [6.07, 6.45) is 7.77. The van der Waals surface area contributed by atoms with Crippen molar-refractivity contribution in [1.82, 2.24) is 4.98 Å². The van der Waals surface area contributed by atoms with Crippen LogP contribution in [0.25, 0.3) is 11.5 Å². The van der Waals surface area contributed by atoms with Gasteiger partial charge in [-0.15, -0.1) is 0 Å². The van der Waals surface area contributed by atoms with E-state index in [9.17, 15) is 0 Å². The SMILES string of the molecule is CCCCCCc1coc(-c2ccc(OC)cc2)n1. The number of hydrogen-bond acceptors (Lipinski definition) is 3. The third kappa shape index (κ3) is 3.85. The molecule has 0 amide bonds. The number of rotatable bonds is 7. The quantitative estimate of drug-likeness (QED) is 0.688. The van der Waals surface area contributed by atoms with Gasteiger partial charge in [0.2, 0.25) is 5.89 Å². The fourth-order valence-electron chi connectivity index (χ4n) is 2.02. The van der Waals surface area contributed by atoms with Crippen LogP contribution in [0, 0.1) is 0 Å². The van der Waals surface area contributed by atoms with E-state index in [0.29, 0.717) is 5.89 Å². The van der Waals surface area contributed by atoms with E-state index < -0.39 is 0 Å². The highest BCUT2D eigenvalue weighted by molar-refractivity contribution is 5.54. The lowest BCUT2D eigenvalue weighted by atomic mass is 10.1. The molecule has 102 valence electrons. The van der Waals surface area contributed by atoms with E-state index in [2.05, 4.69) is 11.9 Å². The minimum Gasteiger partial charge on any atom is -0.497 e. The van der Waals surface area contributed by atoms with E-state index in [1.165, 1.54) is 25.7 Å². The molecule has 0 saturated carbocycles. The number of unbranched alkanes of at least 4 members (excludes halogenated alkanes) is 3. The van der Waals surface area contributed by atoms with Gasteiger partial charge in [0, 0.05) is 5.56 Å². The molecule has 0 fully saturated rings. The first-order valence-electron chi connectivity index (χ1n) is 6.92. The molecule has 2 rings (SSSR count). The average Bonchev–Trinajstić information content (AvgIpc) is 2.92. The van der Waals surface area contributed by atoms with Gasteiger partial charge in [-0.2, -0.15) is 0 Å². The number of ether oxygens (including phenoxy) is 1. The molecule has 0 aliphatic rings. The van der Waals surface area contributed by atoms with Gasteiger partial charge >= 0.3 is 0 Å². The van der Waals surface area contributed by atoms with Gasteiger partial charge in [-0.05, 0) is 37.1 Å². The van der Waals surface area contributed by atoms with Crippen LogP contribution < -0.4 is 4.74 Å². The van der Waals surface area contributed by atoms with Crippen molar-refractivity contribution in [2.24, 2.45) is 0 Å². The Kier molecular flexibility index (Phi) is 5.01. The van der Waals surface area contributed by atoms with Crippen molar-refractivity contribution in [2.45, 2.75) is 39.0 Å². The topological polar surface area (TPSA) is 35.3 Å². The van der Waals surface area contributed by atoms with Crippen LogP contribution in [0.2, 0.25) is 0 Å². The minimum atomic E-state index is 0.688. The number of hydrogen-bond donors (Lipinski definition) is 0. The van der Waals surface area contributed by atoms with Crippen molar-refractivity contribution in [3.05, 3.63) is 36.2 Å². The van der Waals surface area contributed by atoms with E-state index in [-0.39, 0.29) is 0 Å². The Balaban J connectivity index is 1.95. The maximum atomic E-state index is 5.53. The van der Waals surface area contributed by atoms with E-state index in [4.69, 9.17) is 9.15 Å². The van der Waals surface area contributed by atoms with Gasteiger partial charge < -0.3 is 9.15 Å². The lowest BCUT2D eigenvalue weighted by Gasteiger charge is -1.99. The zero-order valence-corrected chi connectivity index (χ0v) is 11.7. The van der Waals surface area contributed by atoms with Crippen molar-refractivity contribution in [2.75, 3.05) is 7.11 Å². The summed E-state index contributed by atoms with van der Waals surface area (Å²) in [7, 11) is 1.66. The fraction of sp³-hybridized carbons (Fsp3) is 0.438. The molecule has 0 unspecified atom stereocenters. The molecule has 0 aliphatic carbocycles. The first-order valence-corrected chi connectivity index (χ1v) is 6.92. The second-order valence-electron chi connectivity index (χ2n) is 4.68. The number of aromatic nitrogens is 1. The van der Waals surface area contributed by atoms with Crippen LogP contribution in [-0.2, 0) is 6.42 Å². The Morgan fingerprint density at radius 2 is 1.89 bits per heavy atom. The normalized spacial score (nSPS) is 10.6. The highest BCUT2D eigenvalue weighted by atomic mass is 16.5. The first kappa shape index (κ1) is 13.7. The summed E-state index contributed by atoms with van der Waals surface area (Å²) in [5.74, 6) is 1.53. The van der Waals surface area contributed by atoms with E-state index in [1.54, 1.807) is 13.4 Å². The molecule has 0 bridgehead atoms. The summed E-state index contributed by atoms with van der Waals surface area (Å²) in [6, 6.07) is 7.76. The molecule has 1 aromatic heterocycles. The lowest BCUT2D eigenvalue weighted by Crippen LogP contribution is -1.87. The molecule has 3 heteroatoms. The van der Waals surface area contributed by atoms with Gasteiger partial charge in [0.1, 0.15) is 12.0 Å². The van der Waals surface area contributed by atoms with Crippen LogP contribution in [0.4, 0.5) is 0 Å². The molecule has 1 aromatic carbocycles. The Morgan fingerprint density at radius 1 is 1.11 bits per heavy atom. The number of nitrogens with zero attached hydrogens (tertiary/aromatic N) is 1. The Morgan fingerprint density at radius 3 is 2.58 bits per heavy atom. The Bertz CT molecular complexity index is 488. The highest BCUT2D eigenvalue weighted by Crippen LogP contribution is 2.22. The summed E-state index contributed by atoms with van der Waals surface area (Å²) in [6.45, 7) is 2.22. The highest BCUT2D eigenvalue weighted by Gasteiger charge is 2.06. The number of benzene rings is 1. The van der Waals surface area contributed by atoms with Crippen molar-refractivity contribution in [1.29, 1.82) is 0 Å². The molecule has 2 aromatic rings. The number of oxazole rings is 1. The number of methoxy groups -OCH3 is 1. The van der Waals surface area contributed by atoms with E-state index >= 15 is 0 Å². The zero-order valence-electron chi connectivity index (χ0n) is 11.7. The molecule has 19 heavy (non-hydrogen) atoms. The molecule has 0 spiro atoms. The molecule has 0 atom stereocenters. The molecule has 0 N–H and O–H groups in total. The van der Waals surface area contributed by atoms with Crippen LogP contribution in [0.1, 0.15) is 38.3 Å². The van der Waals surface area contributed by atoms with Crippen LogP contribution in [-0.4, -0.2) is 12.1 Å². The van der Waals surface area contributed by atoms with E-state index in [0.717, 1.165) is 23.4 Å². The largest absolute Gasteiger partial charge is 0.497 e. The third-order valence-electron chi connectivity index (χ3n) is 3.18. The van der Waals surface area contributed by atoms with Gasteiger partial charge in [-0.3, -0.25) is 0 Å². The van der Waals surface area contributed by atoms with E-state index in [1.807, 2.05) is 24.3 Å². The average molecular weight is 259 g/mol. The predicted molar refractivity (Wildman–Crippen MR) is 76.3 cm³/mol. The summed E-state index contributed by atoms with van der Waals surface area (Å²) in [5, 5.41) is 0. The van der Waals surface area contributed by atoms with Crippen molar-refractivity contribution in [3.63, 3.8) is 0 Å². The Hall–Kier alpha value is -1.77. The van der Waals surface area contributed by atoms with Crippen molar-refractivity contribution >= 4 is 0 Å². The number of aryl methyl sites for hydroxylation is 1. The zero-order chi connectivity index (χ0) is 13.5. The standard InChI is InChI=1S/C16H21NO2/c1-3-4-5-6-7-14-12-19-16(17-14)13-8-10-15(18-2)11-9-13/h8-12H,3-7H2,1-2H3. The van der Waals surface area contributed by atoms with Gasteiger partial charge in [0.15, 0.2) is 0 Å². The maximum Gasteiger partial charge on any atom is 0.226 e. The van der Waals surface area contributed by atoms with Crippen molar-refractivity contribution < 1.29 is 9.15 Å². The minimum absolute atomic E-state index is 0.688. The third-order valence-corrected chi connectivity index (χ3v) is 3.18. The van der Waals surface area contributed by atoms with Gasteiger partial charge in [-0.25, -0.2) is 4.98 Å². The lowest BCUT2D eigenvalue weighted by molar-refractivity contribution is 0.415. The van der Waals surface area contributed by atoms with Crippen LogP contribution >= 0.6 is 0 Å².